The van der Waals surface area contributed by atoms with Gasteiger partial charge in [0.15, 0.2) is 0 Å². The Morgan fingerprint density at radius 1 is 0.958 bits per heavy atom. The molecule has 0 spiro atoms. The molecule has 7 heteroatoms. The molecule has 2 heterocycles. The molecule has 0 radical (unpaired) electrons. The summed E-state index contributed by atoms with van der Waals surface area (Å²) in [6.45, 7) is 1.97. The summed E-state index contributed by atoms with van der Waals surface area (Å²) < 4.78 is 0. The summed E-state index contributed by atoms with van der Waals surface area (Å²) in [6.07, 6.45) is 8.00. The summed E-state index contributed by atoms with van der Waals surface area (Å²) in [7, 11) is 0. The standard InChI is InChI=1S/C17H18Cl2N4O/c18-12-7-13(19)9-14(8-12)22-17(24)15-10-21-16(11-20-15)23-5-3-1-2-4-6-23/h7-11H,1-6H2,(H,22,24). The second kappa shape index (κ2) is 7.81. The van der Waals surface area contributed by atoms with E-state index in [2.05, 4.69) is 20.2 Å². The number of nitrogens with one attached hydrogen (secondary N) is 1. The van der Waals surface area contributed by atoms with Crippen LogP contribution in [0, 0.1) is 0 Å². The summed E-state index contributed by atoms with van der Waals surface area (Å²) in [5.41, 5.74) is 0.778. The maximum absolute atomic E-state index is 12.3. The lowest BCUT2D eigenvalue weighted by molar-refractivity contribution is 0.102. The van der Waals surface area contributed by atoms with Crippen LogP contribution in [0.25, 0.3) is 0 Å². The van der Waals surface area contributed by atoms with Crippen molar-refractivity contribution in [2.45, 2.75) is 25.7 Å². The van der Waals surface area contributed by atoms with Crippen LogP contribution < -0.4 is 10.2 Å². The van der Waals surface area contributed by atoms with Gasteiger partial charge >= 0.3 is 0 Å². The van der Waals surface area contributed by atoms with Gasteiger partial charge in [0.1, 0.15) is 11.5 Å². The van der Waals surface area contributed by atoms with Crippen molar-refractivity contribution in [1.82, 2.24) is 9.97 Å². The number of hydrogen-bond donors (Lipinski definition) is 1. The molecule has 3 rings (SSSR count). The summed E-state index contributed by atoms with van der Waals surface area (Å²) in [6, 6.07) is 4.86. The number of aromatic nitrogens is 2. The first kappa shape index (κ1) is 17.0. The lowest BCUT2D eigenvalue weighted by Gasteiger charge is -2.20. The van der Waals surface area contributed by atoms with Gasteiger partial charge in [-0.25, -0.2) is 9.97 Å². The third-order valence-corrected chi connectivity index (χ3v) is 4.36. The van der Waals surface area contributed by atoms with E-state index in [-0.39, 0.29) is 11.6 Å². The molecule has 0 unspecified atom stereocenters. The van der Waals surface area contributed by atoms with Crippen LogP contribution in [-0.2, 0) is 0 Å². The lowest BCUT2D eigenvalue weighted by Crippen LogP contribution is -2.25. The Labute approximate surface area is 151 Å². The average molecular weight is 365 g/mol. The summed E-state index contributed by atoms with van der Waals surface area (Å²) >= 11 is 11.9. The first-order chi connectivity index (χ1) is 11.6. The van der Waals surface area contributed by atoms with Crippen LogP contribution in [0.5, 0.6) is 0 Å². The second-order valence-corrected chi connectivity index (χ2v) is 6.65. The van der Waals surface area contributed by atoms with Crippen molar-refractivity contribution in [2.75, 3.05) is 23.3 Å². The quantitative estimate of drug-likeness (QED) is 0.875. The van der Waals surface area contributed by atoms with Gasteiger partial charge in [0.25, 0.3) is 5.91 Å². The number of halogens is 2. The van der Waals surface area contributed by atoms with Gasteiger partial charge in [-0.2, -0.15) is 0 Å². The predicted octanol–water partition coefficient (Wildman–Crippen LogP) is 4.42. The van der Waals surface area contributed by atoms with Gasteiger partial charge in [0.05, 0.1) is 12.4 Å². The van der Waals surface area contributed by atoms with Crippen molar-refractivity contribution in [3.05, 3.63) is 46.3 Å². The molecule has 1 aliphatic heterocycles. The summed E-state index contributed by atoms with van der Waals surface area (Å²) in [5.74, 6) is 0.475. The minimum absolute atomic E-state index is 0.254. The smallest absolute Gasteiger partial charge is 0.275 e. The van der Waals surface area contributed by atoms with Gasteiger partial charge in [0, 0.05) is 28.8 Å². The fourth-order valence-corrected chi connectivity index (χ4v) is 3.25. The van der Waals surface area contributed by atoms with Crippen LogP contribution in [0.15, 0.2) is 30.6 Å². The van der Waals surface area contributed by atoms with E-state index >= 15 is 0 Å². The normalized spacial score (nSPS) is 15.0. The molecular weight excluding hydrogens is 347 g/mol. The molecule has 0 saturated carbocycles. The van der Waals surface area contributed by atoms with Crippen molar-refractivity contribution in [3.63, 3.8) is 0 Å². The Morgan fingerprint density at radius 3 is 2.21 bits per heavy atom. The van der Waals surface area contributed by atoms with E-state index in [1.54, 1.807) is 24.4 Å². The average Bonchev–Trinajstić information content (AvgIpc) is 2.83. The molecule has 0 bridgehead atoms. The lowest BCUT2D eigenvalue weighted by atomic mass is 10.2. The third-order valence-electron chi connectivity index (χ3n) is 3.92. The molecule has 0 atom stereocenters. The van der Waals surface area contributed by atoms with Crippen LogP contribution in [0.1, 0.15) is 36.2 Å². The summed E-state index contributed by atoms with van der Waals surface area (Å²) in [5, 5.41) is 3.64. The zero-order valence-electron chi connectivity index (χ0n) is 13.1. The molecule has 5 nitrogen and oxygen atoms in total. The van der Waals surface area contributed by atoms with Gasteiger partial charge in [-0.3, -0.25) is 4.79 Å². The van der Waals surface area contributed by atoms with E-state index in [1.165, 1.54) is 31.9 Å². The number of benzene rings is 1. The van der Waals surface area contributed by atoms with E-state index in [0.29, 0.717) is 15.7 Å². The Hall–Kier alpha value is -1.85. The van der Waals surface area contributed by atoms with E-state index in [4.69, 9.17) is 23.2 Å². The highest BCUT2D eigenvalue weighted by Gasteiger charge is 2.14. The maximum Gasteiger partial charge on any atom is 0.275 e. The highest BCUT2D eigenvalue weighted by Crippen LogP contribution is 2.23. The van der Waals surface area contributed by atoms with Gasteiger partial charge in [-0.15, -0.1) is 0 Å². The van der Waals surface area contributed by atoms with Crippen LogP contribution >= 0.6 is 23.2 Å². The van der Waals surface area contributed by atoms with Gasteiger partial charge in [-0.1, -0.05) is 36.0 Å². The maximum atomic E-state index is 12.3. The van der Waals surface area contributed by atoms with Gasteiger partial charge < -0.3 is 10.2 Å². The fraction of sp³-hybridized carbons (Fsp3) is 0.353. The zero-order valence-corrected chi connectivity index (χ0v) is 14.6. The molecule has 1 N–H and O–H groups in total. The Balaban J connectivity index is 1.69. The number of carbonyl (C=O) groups is 1. The number of anilines is 2. The molecule has 1 fully saturated rings. The van der Waals surface area contributed by atoms with E-state index < -0.39 is 0 Å². The van der Waals surface area contributed by atoms with Crippen molar-refractivity contribution in [2.24, 2.45) is 0 Å². The Bertz CT molecular complexity index is 693. The first-order valence-corrected chi connectivity index (χ1v) is 8.72. The SMILES string of the molecule is O=C(Nc1cc(Cl)cc(Cl)c1)c1cnc(N2CCCCCC2)cn1. The molecule has 1 aromatic carbocycles. The topological polar surface area (TPSA) is 58.1 Å². The minimum Gasteiger partial charge on any atom is -0.355 e. The molecule has 1 aliphatic rings. The Morgan fingerprint density at radius 2 is 1.62 bits per heavy atom. The monoisotopic (exact) mass is 364 g/mol. The van der Waals surface area contributed by atoms with Crippen LogP contribution in [0.3, 0.4) is 0 Å². The molecule has 24 heavy (non-hydrogen) atoms. The number of carbonyl (C=O) groups excluding carboxylic acids is 1. The molecule has 1 saturated heterocycles. The molecule has 126 valence electrons. The van der Waals surface area contributed by atoms with Crippen LogP contribution in [0.4, 0.5) is 11.5 Å². The minimum atomic E-state index is -0.344. The zero-order chi connectivity index (χ0) is 16.9. The Kier molecular flexibility index (Phi) is 5.53. The fourth-order valence-electron chi connectivity index (χ4n) is 2.72. The van der Waals surface area contributed by atoms with Crippen molar-refractivity contribution < 1.29 is 4.79 Å². The van der Waals surface area contributed by atoms with E-state index in [1.807, 2.05) is 0 Å². The first-order valence-electron chi connectivity index (χ1n) is 7.96. The highest BCUT2D eigenvalue weighted by atomic mass is 35.5. The molecule has 1 aromatic heterocycles. The third kappa shape index (κ3) is 4.36. The van der Waals surface area contributed by atoms with Crippen LogP contribution in [-0.4, -0.2) is 29.0 Å². The summed E-state index contributed by atoms with van der Waals surface area (Å²) in [4.78, 5) is 23.1. The number of nitrogens with zero attached hydrogens (tertiary/aromatic N) is 3. The number of amides is 1. The molecule has 0 aliphatic carbocycles. The highest BCUT2D eigenvalue weighted by molar-refractivity contribution is 6.35. The second-order valence-electron chi connectivity index (χ2n) is 5.77. The molecular formula is C17H18Cl2N4O. The van der Waals surface area contributed by atoms with Crippen molar-refractivity contribution in [3.8, 4) is 0 Å². The molecule has 1 amide bonds. The number of hydrogen-bond acceptors (Lipinski definition) is 4. The van der Waals surface area contributed by atoms with E-state index in [0.717, 1.165) is 18.9 Å². The van der Waals surface area contributed by atoms with Crippen molar-refractivity contribution >= 4 is 40.6 Å². The predicted molar refractivity (Wildman–Crippen MR) is 97.1 cm³/mol. The largest absolute Gasteiger partial charge is 0.355 e. The van der Waals surface area contributed by atoms with Gasteiger partial charge in [0.2, 0.25) is 0 Å². The van der Waals surface area contributed by atoms with Crippen LogP contribution in [0.2, 0.25) is 10.0 Å². The van der Waals surface area contributed by atoms with E-state index in [9.17, 15) is 4.79 Å². The molecule has 2 aromatic rings. The van der Waals surface area contributed by atoms with Gasteiger partial charge in [-0.05, 0) is 31.0 Å². The van der Waals surface area contributed by atoms with Crippen molar-refractivity contribution in [1.29, 1.82) is 0 Å². The number of rotatable bonds is 3.